The molecule has 0 aliphatic heterocycles. The van der Waals surface area contributed by atoms with Crippen LogP contribution in [0.3, 0.4) is 0 Å². The third-order valence-electron chi connectivity index (χ3n) is 0.394. The molecule has 0 aromatic rings. The lowest BCUT2D eigenvalue weighted by Gasteiger charge is -1.85. The molecule has 0 aromatic carbocycles. The molecule has 0 unspecified atom stereocenters. The van der Waals surface area contributed by atoms with Crippen LogP contribution < -0.4 is 5.73 Å². The molecule has 0 aliphatic rings. The fourth-order valence-corrected chi connectivity index (χ4v) is 0.466. The average molecular weight is 115 g/mol. The van der Waals surface area contributed by atoms with Gasteiger partial charge in [-0.05, 0) is 17.9 Å². The van der Waals surface area contributed by atoms with Crippen LogP contribution in [-0.4, -0.2) is 0 Å². The largest absolute Gasteiger partial charge is 0.402 e. The zero-order valence-electron chi connectivity index (χ0n) is 4.31. The minimum atomic E-state index is 0.694. The highest BCUT2D eigenvalue weighted by molar-refractivity contribution is 7.84. The minimum Gasteiger partial charge on any atom is -0.402 e. The van der Waals surface area contributed by atoms with E-state index < -0.39 is 0 Å². The Morgan fingerprint density at radius 1 is 1.86 bits per heavy atom. The fraction of sp³-hybridized carbons (Fsp3) is 0.200. The summed E-state index contributed by atoms with van der Waals surface area (Å²) in [6.07, 6.45) is 1.70. The van der Waals surface area contributed by atoms with Crippen molar-refractivity contribution in [3.8, 4) is 0 Å². The molecular weight excluding hydrogens is 106 g/mol. The normalized spacial score (nSPS) is 11.4. The second-order valence-electron chi connectivity index (χ2n) is 1.38. The Kier molecular flexibility index (Phi) is 2.60. The Balaban J connectivity index is 3.68. The van der Waals surface area contributed by atoms with Crippen molar-refractivity contribution in [3.05, 3.63) is 23.3 Å². The van der Waals surface area contributed by atoms with Gasteiger partial charge in [-0.15, -0.1) is 12.6 Å². The predicted octanol–water partition coefficient (Wildman–Crippen LogP) is 1.29. The quantitative estimate of drug-likeness (QED) is 0.391. The molecule has 0 radical (unpaired) electrons. The number of nitrogens with two attached hydrogens (primary N) is 1. The van der Waals surface area contributed by atoms with Crippen molar-refractivity contribution in [1.29, 1.82) is 0 Å². The standard InChI is InChI=1S/C5H9NS/c1-4(6)3-5(2)7/h3,7H,2,6H2,1H3/b4-3+. The molecule has 0 bridgehead atoms. The number of hydrogen-bond donors (Lipinski definition) is 2. The van der Waals surface area contributed by atoms with Crippen LogP contribution in [0.1, 0.15) is 6.92 Å². The van der Waals surface area contributed by atoms with Gasteiger partial charge in [0.25, 0.3) is 0 Å². The van der Waals surface area contributed by atoms with E-state index in [2.05, 4.69) is 19.2 Å². The van der Waals surface area contributed by atoms with E-state index in [4.69, 9.17) is 5.73 Å². The summed E-state index contributed by atoms with van der Waals surface area (Å²) < 4.78 is 0. The van der Waals surface area contributed by atoms with Gasteiger partial charge in [0.15, 0.2) is 0 Å². The lowest BCUT2D eigenvalue weighted by Crippen LogP contribution is -1.88. The van der Waals surface area contributed by atoms with Crippen molar-refractivity contribution in [2.45, 2.75) is 6.92 Å². The van der Waals surface area contributed by atoms with Crippen molar-refractivity contribution in [1.82, 2.24) is 0 Å². The zero-order chi connectivity index (χ0) is 5.86. The van der Waals surface area contributed by atoms with Crippen molar-refractivity contribution >= 4 is 12.6 Å². The Labute approximate surface area is 49.3 Å². The summed E-state index contributed by atoms with van der Waals surface area (Å²) in [6.45, 7) is 5.30. The first-order valence-electron chi connectivity index (χ1n) is 1.94. The summed E-state index contributed by atoms with van der Waals surface area (Å²) in [4.78, 5) is 0.694. The van der Waals surface area contributed by atoms with E-state index in [0.717, 1.165) is 5.70 Å². The Morgan fingerprint density at radius 2 is 2.29 bits per heavy atom. The van der Waals surface area contributed by atoms with Crippen LogP contribution in [0.4, 0.5) is 0 Å². The number of thiol groups is 1. The van der Waals surface area contributed by atoms with Crippen molar-refractivity contribution in [2.75, 3.05) is 0 Å². The number of rotatable bonds is 1. The summed E-state index contributed by atoms with van der Waals surface area (Å²) in [5.41, 5.74) is 5.98. The summed E-state index contributed by atoms with van der Waals surface area (Å²) in [6, 6.07) is 0. The summed E-state index contributed by atoms with van der Waals surface area (Å²) in [7, 11) is 0. The topological polar surface area (TPSA) is 26.0 Å². The van der Waals surface area contributed by atoms with Gasteiger partial charge in [-0.1, -0.05) is 6.58 Å². The molecule has 0 amide bonds. The van der Waals surface area contributed by atoms with E-state index in [1.807, 2.05) is 0 Å². The van der Waals surface area contributed by atoms with Crippen molar-refractivity contribution in [2.24, 2.45) is 5.73 Å². The van der Waals surface area contributed by atoms with Gasteiger partial charge >= 0.3 is 0 Å². The number of allylic oxidation sites excluding steroid dienone is 2. The molecule has 0 aliphatic carbocycles. The van der Waals surface area contributed by atoms with Crippen LogP contribution >= 0.6 is 12.6 Å². The third kappa shape index (κ3) is 5.63. The van der Waals surface area contributed by atoms with Gasteiger partial charge in [0.2, 0.25) is 0 Å². The van der Waals surface area contributed by atoms with Gasteiger partial charge in [0, 0.05) is 5.70 Å². The molecule has 0 spiro atoms. The van der Waals surface area contributed by atoms with Crippen molar-refractivity contribution in [3.63, 3.8) is 0 Å². The molecule has 0 rings (SSSR count). The molecule has 0 atom stereocenters. The molecule has 0 aromatic heterocycles. The molecule has 0 saturated heterocycles. The van der Waals surface area contributed by atoms with Gasteiger partial charge in [-0.2, -0.15) is 0 Å². The lowest BCUT2D eigenvalue weighted by atomic mass is 10.4. The predicted molar refractivity (Wildman–Crippen MR) is 36.1 cm³/mol. The van der Waals surface area contributed by atoms with E-state index in [-0.39, 0.29) is 0 Å². The van der Waals surface area contributed by atoms with Crippen LogP contribution in [0, 0.1) is 0 Å². The second kappa shape index (κ2) is 2.75. The summed E-state index contributed by atoms with van der Waals surface area (Å²) in [5, 5.41) is 0. The van der Waals surface area contributed by atoms with Crippen LogP contribution in [0.2, 0.25) is 0 Å². The molecule has 1 nitrogen and oxygen atoms in total. The summed E-state index contributed by atoms with van der Waals surface area (Å²) in [5.74, 6) is 0. The van der Waals surface area contributed by atoms with E-state index in [1.165, 1.54) is 0 Å². The lowest BCUT2D eigenvalue weighted by molar-refractivity contribution is 1.31. The average Bonchev–Trinajstić information content (AvgIpc) is 1.27. The van der Waals surface area contributed by atoms with Crippen LogP contribution in [-0.2, 0) is 0 Å². The van der Waals surface area contributed by atoms with Crippen molar-refractivity contribution < 1.29 is 0 Å². The minimum absolute atomic E-state index is 0.694. The van der Waals surface area contributed by atoms with Gasteiger partial charge in [-0.25, -0.2) is 0 Å². The molecule has 7 heavy (non-hydrogen) atoms. The first-order chi connectivity index (χ1) is 3.13. The van der Waals surface area contributed by atoms with Gasteiger partial charge in [-0.3, -0.25) is 0 Å². The Bertz CT molecular complexity index is 101. The van der Waals surface area contributed by atoms with Crippen LogP contribution in [0.15, 0.2) is 23.3 Å². The van der Waals surface area contributed by atoms with Gasteiger partial charge in [0.1, 0.15) is 0 Å². The van der Waals surface area contributed by atoms with E-state index in [1.54, 1.807) is 13.0 Å². The monoisotopic (exact) mass is 115 g/mol. The number of hydrogen-bond acceptors (Lipinski definition) is 2. The van der Waals surface area contributed by atoms with Crippen LogP contribution in [0.25, 0.3) is 0 Å². The van der Waals surface area contributed by atoms with E-state index in [0.29, 0.717) is 4.91 Å². The highest BCUT2D eigenvalue weighted by atomic mass is 32.1. The van der Waals surface area contributed by atoms with Gasteiger partial charge in [0.05, 0.1) is 0 Å². The molecule has 0 saturated carbocycles. The molecule has 0 fully saturated rings. The summed E-state index contributed by atoms with van der Waals surface area (Å²) >= 11 is 3.89. The highest BCUT2D eigenvalue weighted by Gasteiger charge is 1.75. The zero-order valence-corrected chi connectivity index (χ0v) is 5.20. The molecule has 2 heteroatoms. The molecular formula is C5H9NS. The maximum absolute atomic E-state index is 5.24. The first-order valence-corrected chi connectivity index (χ1v) is 2.39. The highest BCUT2D eigenvalue weighted by Crippen LogP contribution is 1.97. The Morgan fingerprint density at radius 3 is 2.29 bits per heavy atom. The van der Waals surface area contributed by atoms with E-state index in [9.17, 15) is 0 Å². The second-order valence-corrected chi connectivity index (χ2v) is 1.95. The smallest absolute Gasteiger partial charge is 0.00597 e. The molecule has 2 N–H and O–H groups in total. The Hall–Kier alpha value is -0.370. The SMILES string of the molecule is C=C(S)/C=C(\C)N. The molecule has 0 heterocycles. The van der Waals surface area contributed by atoms with Crippen LogP contribution in [0.5, 0.6) is 0 Å². The van der Waals surface area contributed by atoms with E-state index >= 15 is 0 Å². The maximum Gasteiger partial charge on any atom is 0.00597 e. The molecule has 40 valence electrons. The third-order valence-corrected chi connectivity index (χ3v) is 0.523. The fourth-order valence-electron chi connectivity index (χ4n) is 0.263. The van der Waals surface area contributed by atoms with Gasteiger partial charge < -0.3 is 5.73 Å². The first kappa shape index (κ1) is 6.63. The maximum atomic E-state index is 5.24.